The molecule has 1 fully saturated rings. The summed E-state index contributed by atoms with van der Waals surface area (Å²) in [6.45, 7) is 7.94. The monoisotopic (exact) mass is 259 g/mol. The van der Waals surface area contributed by atoms with Gasteiger partial charge in [0.2, 0.25) is 0 Å². The quantitative estimate of drug-likeness (QED) is 0.761. The van der Waals surface area contributed by atoms with E-state index in [1.54, 1.807) is 25.3 Å². The Bertz CT molecular complexity index is 518. The van der Waals surface area contributed by atoms with Gasteiger partial charge in [0.25, 0.3) is 0 Å². The van der Waals surface area contributed by atoms with Crippen LogP contribution in [0.1, 0.15) is 33.3 Å². The van der Waals surface area contributed by atoms with Crippen LogP contribution in [-0.2, 0) is 9.31 Å². The van der Waals surface area contributed by atoms with E-state index >= 15 is 0 Å². The molecule has 0 spiro atoms. The van der Waals surface area contributed by atoms with Gasteiger partial charge < -0.3 is 14.0 Å². The molecule has 1 aliphatic heterocycles. The smallest absolute Gasteiger partial charge is 0.496 e. The minimum Gasteiger partial charge on any atom is -0.497 e. The minimum absolute atomic E-state index is 0.423. The maximum atomic E-state index is 9.20. The molecule has 100 valence electrons. The number of hydrogen-bond donors (Lipinski definition) is 0. The third-order valence-corrected chi connectivity index (χ3v) is 3.89. The number of hydrogen-bond acceptors (Lipinski definition) is 4. The molecule has 2 rings (SSSR count). The van der Waals surface area contributed by atoms with Crippen molar-refractivity contribution in [3.63, 3.8) is 0 Å². The fraction of sp³-hybridized carbons (Fsp3) is 0.500. The van der Waals surface area contributed by atoms with Crippen LogP contribution in [0.15, 0.2) is 18.2 Å². The molecular formula is C14H18BNO3. The lowest BCUT2D eigenvalue weighted by atomic mass is 9.76. The molecule has 1 aliphatic rings. The van der Waals surface area contributed by atoms with Gasteiger partial charge >= 0.3 is 7.12 Å². The number of nitriles is 1. The second-order valence-corrected chi connectivity index (χ2v) is 5.65. The molecule has 1 heterocycles. The Morgan fingerprint density at radius 1 is 1.16 bits per heavy atom. The fourth-order valence-electron chi connectivity index (χ4n) is 1.93. The van der Waals surface area contributed by atoms with E-state index in [2.05, 4.69) is 6.07 Å². The highest BCUT2D eigenvalue weighted by molar-refractivity contribution is 6.63. The minimum atomic E-state index is -0.547. The van der Waals surface area contributed by atoms with E-state index in [4.69, 9.17) is 14.0 Å². The summed E-state index contributed by atoms with van der Waals surface area (Å²) in [7, 11) is 1.05. The predicted octanol–water partition coefficient (Wildman–Crippen LogP) is 1.87. The first-order valence-electron chi connectivity index (χ1n) is 6.24. The summed E-state index contributed by atoms with van der Waals surface area (Å²) in [5, 5.41) is 9.20. The second kappa shape index (κ2) is 4.55. The summed E-state index contributed by atoms with van der Waals surface area (Å²) in [4.78, 5) is 0. The zero-order valence-electron chi connectivity index (χ0n) is 12.0. The molecule has 4 nitrogen and oxygen atoms in total. The Balaban J connectivity index is 2.41. The number of benzene rings is 1. The van der Waals surface area contributed by atoms with Crippen LogP contribution in [0.5, 0.6) is 5.75 Å². The van der Waals surface area contributed by atoms with Crippen LogP contribution in [0.25, 0.3) is 0 Å². The van der Waals surface area contributed by atoms with E-state index in [0.717, 1.165) is 0 Å². The normalized spacial score (nSPS) is 20.1. The second-order valence-electron chi connectivity index (χ2n) is 5.65. The first-order chi connectivity index (χ1) is 8.80. The molecule has 19 heavy (non-hydrogen) atoms. The van der Waals surface area contributed by atoms with Gasteiger partial charge in [-0.2, -0.15) is 5.26 Å². The van der Waals surface area contributed by atoms with Crippen molar-refractivity contribution in [1.29, 1.82) is 5.26 Å². The van der Waals surface area contributed by atoms with Crippen molar-refractivity contribution >= 4 is 12.6 Å². The van der Waals surface area contributed by atoms with Crippen molar-refractivity contribution in [1.82, 2.24) is 0 Å². The largest absolute Gasteiger partial charge is 0.497 e. The number of ether oxygens (including phenoxy) is 1. The van der Waals surface area contributed by atoms with Gasteiger partial charge in [-0.1, -0.05) is 0 Å². The lowest BCUT2D eigenvalue weighted by Gasteiger charge is -2.32. The van der Waals surface area contributed by atoms with E-state index in [-0.39, 0.29) is 0 Å². The standard InChI is InChI=1S/C14H18BNO3/c1-13(2)14(3,4)19-15(18-13)12-8-11(17-5)7-6-10(12)9-16/h6-8H,1-5H3. The van der Waals surface area contributed by atoms with E-state index in [1.165, 1.54) is 0 Å². The highest BCUT2D eigenvalue weighted by Gasteiger charge is 2.52. The maximum absolute atomic E-state index is 9.20. The summed E-state index contributed by atoms with van der Waals surface area (Å²) in [5.41, 5.74) is 0.404. The van der Waals surface area contributed by atoms with Gasteiger partial charge in [0.15, 0.2) is 0 Å². The third kappa shape index (κ3) is 2.34. The Morgan fingerprint density at radius 2 is 1.74 bits per heavy atom. The number of rotatable bonds is 2. The molecule has 1 aromatic rings. The first-order valence-corrected chi connectivity index (χ1v) is 6.24. The third-order valence-electron chi connectivity index (χ3n) is 3.89. The summed E-state index contributed by atoms with van der Waals surface area (Å²) >= 11 is 0. The maximum Gasteiger partial charge on any atom is 0.496 e. The Kier molecular flexibility index (Phi) is 3.33. The molecule has 1 saturated heterocycles. The molecule has 0 radical (unpaired) electrons. The van der Waals surface area contributed by atoms with Crippen molar-refractivity contribution in [3.05, 3.63) is 23.8 Å². The van der Waals surface area contributed by atoms with Crippen LogP contribution in [0, 0.1) is 11.3 Å². The van der Waals surface area contributed by atoms with Crippen LogP contribution in [0.4, 0.5) is 0 Å². The number of nitrogens with zero attached hydrogens (tertiary/aromatic N) is 1. The SMILES string of the molecule is COc1ccc(C#N)c(B2OC(C)(C)C(C)(C)O2)c1. The van der Waals surface area contributed by atoms with Crippen LogP contribution < -0.4 is 10.2 Å². The van der Waals surface area contributed by atoms with Crippen LogP contribution >= 0.6 is 0 Å². The van der Waals surface area contributed by atoms with E-state index < -0.39 is 18.3 Å². The molecule has 0 atom stereocenters. The molecule has 0 amide bonds. The summed E-state index contributed by atoms with van der Waals surface area (Å²) in [6, 6.07) is 7.43. The number of methoxy groups -OCH3 is 1. The van der Waals surface area contributed by atoms with Gasteiger partial charge in [-0.25, -0.2) is 0 Å². The van der Waals surface area contributed by atoms with Crippen molar-refractivity contribution < 1.29 is 14.0 Å². The van der Waals surface area contributed by atoms with Crippen molar-refractivity contribution in [2.24, 2.45) is 0 Å². The highest BCUT2D eigenvalue weighted by Crippen LogP contribution is 2.36. The van der Waals surface area contributed by atoms with Gasteiger partial charge in [-0.05, 0) is 45.9 Å². The average molecular weight is 259 g/mol. The van der Waals surface area contributed by atoms with Gasteiger partial charge in [-0.3, -0.25) is 0 Å². The van der Waals surface area contributed by atoms with Crippen LogP contribution in [0.3, 0.4) is 0 Å². The molecule has 0 saturated carbocycles. The molecule has 0 aliphatic carbocycles. The lowest BCUT2D eigenvalue weighted by molar-refractivity contribution is 0.00578. The van der Waals surface area contributed by atoms with Crippen molar-refractivity contribution in [3.8, 4) is 11.8 Å². The fourth-order valence-corrected chi connectivity index (χ4v) is 1.93. The molecule has 1 aromatic carbocycles. The van der Waals surface area contributed by atoms with Crippen molar-refractivity contribution in [2.75, 3.05) is 7.11 Å². The van der Waals surface area contributed by atoms with Crippen LogP contribution in [0.2, 0.25) is 0 Å². The topological polar surface area (TPSA) is 51.5 Å². The summed E-state index contributed by atoms with van der Waals surface area (Å²) in [5.74, 6) is 0.684. The molecule has 0 aromatic heterocycles. The van der Waals surface area contributed by atoms with E-state index in [1.807, 2.05) is 27.7 Å². The van der Waals surface area contributed by atoms with Crippen LogP contribution in [-0.4, -0.2) is 25.4 Å². The van der Waals surface area contributed by atoms with Gasteiger partial charge in [-0.15, -0.1) is 0 Å². The predicted molar refractivity (Wildman–Crippen MR) is 73.4 cm³/mol. The average Bonchev–Trinajstić information content (AvgIpc) is 2.57. The van der Waals surface area contributed by atoms with Gasteiger partial charge in [0.1, 0.15) is 5.75 Å². The summed E-state index contributed by atoms with van der Waals surface area (Å²) < 4.78 is 17.1. The summed E-state index contributed by atoms with van der Waals surface area (Å²) in [6.07, 6.45) is 0. The Morgan fingerprint density at radius 3 is 2.21 bits per heavy atom. The van der Waals surface area contributed by atoms with E-state index in [9.17, 15) is 5.26 Å². The van der Waals surface area contributed by atoms with Crippen molar-refractivity contribution in [2.45, 2.75) is 38.9 Å². The van der Waals surface area contributed by atoms with E-state index in [0.29, 0.717) is 16.8 Å². The van der Waals surface area contributed by atoms with Gasteiger partial charge in [0.05, 0.1) is 29.9 Å². The molecule has 5 heteroatoms. The van der Waals surface area contributed by atoms with Gasteiger partial charge in [0, 0.05) is 5.46 Å². The molecular weight excluding hydrogens is 241 g/mol. The molecule has 0 N–H and O–H groups in total. The Hall–Kier alpha value is -1.51. The Labute approximate surface area is 114 Å². The highest BCUT2D eigenvalue weighted by atomic mass is 16.7. The first kappa shape index (κ1) is 13.9. The molecule has 0 unspecified atom stereocenters. The zero-order valence-corrected chi connectivity index (χ0v) is 12.0. The molecule has 0 bridgehead atoms. The lowest BCUT2D eigenvalue weighted by Crippen LogP contribution is -2.41. The zero-order chi connectivity index (χ0) is 14.3.